The van der Waals surface area contributed by atoms with Gasteiger partial charge in [-0.25, -0.2) is 4.79 Å². The molecule has 0 unspecified atom stereocenters. The van der Waals surface area contributed by atoms with Gasteiger partial charge in [0.1, 0.15) is 13.2 Å². The fourth-order valence-corrected chi connectivity index (χ4v) is 1.38. The molecule has 0 aromatic carbocycles. The Bertz CT molecular complexity index is 152. The molecule has 12 heavy (non-hydrogen) atoms. The van der Waals surface area contributed by atoms with Crippen molar-refractivity contribution < 1.29 is 14.3 Å². The molecule has 1 radical (unpaired) electrons. The quantitative estimate of drug-likeness (QED) is 0.604. The van der Waals surface area contributed by atoms with Gasteiger partial charge in [-0.05, 0) is 25.7 Å². The Morgan fingerprint density at radius 1 is 1.33 bits per heavy atom. The van der Waals surface area contributed by atoms with Crippen LogP contribution in [0.5, 0.6) is 0 Å². The lowest BCUT2D eigenvalue weighted by atomic mass is 9.94. The monoisotopic (exact) mass is 172 g/mol. The van der Waals surface area contributed by atoms with Crippen LogP contribution in [-0.2, 0) is 9.47 Å². The lowest BCUT2D eigenvalue weighted by molar-refractivity contribution is 0.0280. The van der Waals surface area contributed by atoms with Crippen LogP contribution in [0.1, 0.15) is 25.7 Å². The van der Waals surface area contributed by atoms with Crippen LogP contribution in [0.15, 0.2) is 0 Å². The van der Waals surface area contributed by atoms with Crippen molar-refractivity contribution in [2.75, 3.05) is 0 Å². The number of carbonyl (C=O) groups excluding carboxylic acids is 1. The number of ether oxygens (including phenoxy) is 2. The van der Waals surface area contributed by atoms with Crippen molar-refractivity contribution in [2.24, 2.45) is 5.73 Å². The van der Waals surface area contributed by atoms with Gasteiger partial charge >= 0.3 is 6.16 Å². The molecule has 0 aromatic rings. The van der Waals surface area contributed by atoms with Gasteiger partial charge in [-0.1, -0.05) is 0 Å². The maximum absolute atomic E-state index is 10.6. The third-order valence-electron chi connectivity index (χ3n) is 2.10. The summed E-state index contributed by atoms with van der Waals surface area (Å²) in [4.78, 5) is 10.6. The third kappa shape index (κ3) is 2.70. The molecule has 0 aliphatic heterocycles. The molecule has 1 fully saturated rings. The average Bonchev–Trinajstić information content (AvgIpc) is 2.09. The number of hydrogen-bond acceptors (Lipinski definition) is 4. The molecule has 4 heteroatoms. The van der Waals surface area contributed by atoms with E-state index in [1.54, 1.807) is 0 Å². The molecule has 1 aliphatic carbocycles. The molecule has 0 aromatic heterocycles. The van der Waals surface area contributed by atoms with E-state index >= 15 is 0 Å². The van der Waals surface area contributed by atoms with Gasteiger partial charge in [0.05, 0.1) is 0 Å². The Labute approximate surface area is 72.0 Å². The first-order chi connectivity index (χ1) is 5.72. The van der Waals surface area contributed by atoms with Crippen molar-refractivity contribution in [1.82, 2.24) is 0 Å². The lowest BCUT2D eigenvalue weighted by Crippen LogP contribution is -2.31. The zero-order valence-corrected chi connectivity index (χ0v) is 6.99. The van der Waals surface area contributed by atoms with Crippen molar-refractivity contribution in [3.05, 3.63) is 7.11 Å². The summed E-state index contributed by atoms with van der Waals surface area (Å²) in [6.45, 7) is 0. The van der Waals surface area contributed by atoms with E-state index in [1.165, 1.54) is 0 Å². The summed E-state index contributed by atoms with van der Waals surface area (Å²) < 4.78 is 9.05. The highest BCUT2D eigenvalue weighted by atomic mass is 16.7. The van der Waals surface area contributed by atoms with Crippen LogP contribution in [0.2, 0.25) is 0 Å². The Morgan fingerprint density at radius 2 is 1.92 bits per heavy atom. The zero-order valence-electron chi connectivity index (χ0n) is 6.99. The highest BCUT2D eigenvalue weighted by Crippen LogP contribution is 2.19. The van der Waals surface area contributed by atoms with E-state index in [9.17, 15) is 4.79 Å². The summed E-state index contributed by atoms with van der Waals surface area (Å²) in [7, 11) is 2.97. The van der Waals surface area contributed by atoms with E-state index in [4.69, 9.17) is 10.5 Å². The molecule has 0 spiro atoms. The minimum Gasteiger partial charge on any atom is -0.431 e. The number of rotatable bonds is 1. The molecule has 0 atom stereocenters. The molecular formula is C8H14NO3. The molecule has 69 valence electrons. The van der Waals surface area contributed by atoms with Gasteiger partial charge in [-0.3, -0.25) is 0 Å². The lowest BCUT2D eigenvalue weighted by Gasteiger charge is -2.25. The predicted molar refractivity (Wildman–Crippen MR) is 43.2 cm³/mol. The van der Waals surface area contributed by atoms with E-state index in [2.05, 4.69) is 11.8 Å². The molecule has 1 rings (SSSR count). The first-order valence-corrected chi connectivity index (χ1v) is 4.10. The van der Waals surface area contributed by atoms with Gasteiger partial charge in [0.25, 0.3) is 0 Å². The first-order valence-electron chi connectivity index (χ1n) is 4.10. The number of carbonyl (C=O) groups is 1. The predicted octanol–water partition coefficient (Wildman–Crippen LogP) is 1.20. The Balaban J connectivity index is 2.21. The highest BCUT2D eigenvalue weighted by molar-refractivity contribution is 5.60. The van der Waals surface area contributed by atoms with Crippen LogP contribution in [0.4, 0.5) is 4.79 Å². The second-order valence-corrected chi connectivity index (χ2v) is 3.05. The smallest absolute Gasteiger partial charge is 0.431 e. The van der Waals surface area contributed by atoms with Crippen LogP contribution in [0.25, 0.3) is 0 Å². The molecular weight excluding hydrogens is 158 g/mol. The second-order valence-electron chi connectivity index (χ2n) is 3.05. The molecule has 1 saturated carbocycles. The summed E-state index contributed by atoms with van der Waals surface area (Å²) in [5, 5.41) is 0. The van der Waals surface area contributed by atoms with Crippen molar-refractivity contribution in [1.29, 1.82) is 0 Å². The Kier molecular flexibility index (Phi) is 3.34. The van der Waals surface area contributed by atoms with Crippen molar-refractivity contribution in [2.45, 2.75) is 37.8 Å². The number of hydrogen-bond donors (Lipinski definition) is 1. The largest absolute Gasteiger partial charge is 0.508 e. The normalized spacial score (nSPS) is 29.5. The van der Waals surface area contributed by atoms with Crippen LogP contribution in [0, 0.1) is 7.11 Å². The highest BCUT2D eigenvalue weighted by Gasteiger charge is 2.21. The van der Waals surface area contributed by atoms with Crippen molar-refractivity contribution in [3.63, 3.8) is 0 Å². The van der Waals surface area contributed by atoms with Gasteiger partial charge < -0.3 is 15.2 Å². The maximum Gasteiger partial charge on any atom is 0.508 e. The minimum absolute atomic E-state index is 0.0287. The molecule has 0 bridgehead atoms. The van der Waals surface area contributed by atoms with Gasteiger partial charge in [0.2, 0.25) is 0 Å². The van der Waals surface area contributed by atoms with E-state index in [0.717, 1.165) is 25.7 Å². The second kappa shape index (κ2) is 4.30. The molecule has 0 heterocycles. The fourth-order valence-electron chi connectivity index (χ4n) is 1.38. The molecule has 0 amide bonds. The fraction of sp³-hybridized carbons (Fsp3) is 0.750. The Hall–Kier alpha value is -0.770. The average molecular weight is 172 g/mol. The Morgan fingerprint density at radius 3 is 2.42 bits per heavy atom. The summed E-state index contributed by atoms with van der Waals surface area (Å²) in [5.74, 6) is 0. The van der Waals surface area contributed by atoms with Gasteiger partial charge in [0.15, 0.2) is 0 Å². The van der Waals surface area contributed by atoms with Gasteiger partial charge in [-0.15, -0.1) is 0 Å². The van der Waals surface area contributed by atoms with Crippen LogP contribution in [-0.4, -0.2) is 18.3 Å². The molecule has 1 aliphatic rings. The summed E-state index contributed by atoms with van der Waals surface area (Å²) >= 11 is 0. The van der Waals surface area contributed by atoms with Gasteiger partial charge in [-0.2, -0.15) is 0 Å². The van der Waals surface area contributed by atoms with Crippen molar-refractivity contribution >= 4 is 6.16 Å². The summed E-state index contributed by atoms with van der Waals surface area (Å²) in [6, 6.07) is 0.264. The number of nitrogens with two attached hydrogens (primary N) is 1. The van der Waals surface area contributed by atoms with E-state index < -0.39 is 6.16 Å². The SMILES string of the molecule is [CH2]OC(=O)O[C@H]1CC[C@H](N)CC1. The summed E-state index contributed by atoms with van der Waals surface area (Å²) in [6.07, 6.45) is 2.76. The van der Waals surface area contributed by atoms with Crippen LogP contribution in [0.3, 0.4) is 0 Å². The third-order valence-corrected chi connectivity index (χ3v) is 2.10. The zero-order chi connectivity index (χ0) is 8.97. The van der Waals surface area contributed by atoms with Crippen LogP contribution < -0.4 is 5.73 Å². The van der Waals surface area contributed by atoms with Crippen molar-refractivity contribution in [3.8, 4) is 0 Å². The minimum atomic E-state index is -0.699. The van der Waals surface area contributed by atoms with E-state index in [-0.39, 0.29) is 12.1 Å². The van der Waals surface area contributed by atoms with E-state index in [1.807, 2.05) is 0 Å². The summed E-state index contributed by atoms with van der Waals surface area (Å²) in [5.41, 5.74) is 5.68. The van der Waals surface area contributed by atoms with E-state index in [0.29, 0.717) is 0 Å². The topological polar surface area (TPSA) is 61.5 Å². The van der Waals surface area contributed by atoms with Crippen LogP contribution >= 0.6 is 0 Å². The molecule has 0 saturated heterocycles. The first kappa shape index (κ1) is 9.32. The maximum atomic E-state index is 10.6. The standard InChI is InChI=1S/C8H14NO3/c1-11-8(10)12-7-4-2-6(9)3-5-7/h6-7H,1-5,9H2/t6-,7-. The molecule has 4 nitrogen and oxygen atoms in total. The van der Waals surface area contributed by atoms with Gasteiger partial charge in [0, 0.05) is 6.04 Å². The molecule has 2 N–H and O–H groups in total.